The van der Waals surface area contributed by atoms with Crippen LogP contribution in [-0.2, 0) is 16.0 Å². The van der Waals surface area contributed by atoms with Gasteiger partial charge in [-0.2, -0.15) is 0 Å². The number of rotatable bonds is 8. The second-order valence-electron chi connectivity index (χ2n) is 4.88. The van der Waals surface area contributed by atoms with Crippen molar-refractivity contribution in [2.45, 2.75) is 13.3 Å². The first-order valence-corrected chi connectivity index (χ1v) is 8.36. The van der Waals surface area contributed by atoms with E-state index in [4.69, 9.17) is 14.6 Å². The summed E-state index contributed by atoms with van der Waals surface area (Å²) in [5.74, 6) is -0.0976. The zero-order valence-electron chi connectivity index (χ0n) is 13.8. The fourth-order valence-electron chi connectivity index (χ4n) is 1.98. The molecule has 25 heavy (non-hydrogen) atoms. The number of ether oxygens (including phenoxy) is 2. The first-order chi connectivity index (χ1) is 12.0. The van der Waals surface area contributed by atoms with Gasteiger partial charge in [0.25, 0.3) is 0 Å². The molecule has 0 unspecified atom stereocenters. The van der Waals surface area contributed by atoms with Gasteiger partial charge in [0, 0.05) is 11.5 Å². The summed E-state index contributed by atoms with van der Waals surface area (Å²) in [4.78, 5) is 26.6. The Balaban J connectivity index is 2.00. The van der Waals surface area contributed by atoms with Crippen LogP contribution in [0.15, 0.2) is 29.7 Å². The molecule has 0 aliphatic carbocycles. The number of carboxylic acid groups (broad SMARTS) is 1. The van der Waals surface area contributed by atoms with Crippen molar-refractivity contribution >= 4 is 34.4 Å². The summed E-state index contributed by atoms with van der Waals surface area (Å²) in [5.41, 5.74) is 1.19. The summed E-state index contributed by atoms with van der Waals surface area (Å²) in [6, 6.07) is 5.35. The molecule has 1 heterocycles. The van der Waals surface area contributed by atoms with E-state index in [9.17, 15) is 9.59 Å². The Morgan fingerprint density at radius 1 is 1.36 bits per heavy atom. The molecule has 0 atom stereocenters. The first-order valence-electron chi connectivity index (χ1n) is 7.48. The number of thiazole rings is 1. The maximum absolute atomic E-state index is 11.9. The van der Waals surface area contributed by atoms with Crippen molar-refractivity contribution < 1.29 is 24.2 Å². The molecular weight excluding hydrogens is 344 g/mol. The molecule has 0 aliphatic heterocycles. The number of methoxy groups -OCH3 is 1. The fourth-order valence-corrected chi connectivity index (χ4v) is 2.70. The van der Waals surface area contributed by atoms with E-state index in [1.165, 1.54) is 17.4 Å². The summed E-state index contributed by atoms with van der Waals surface area (Å²) in [6.07, 6.45) is 2.83. The molecule has 1 aromatic heterocycles. The van der Waals surface area contributed by atoms with E-state index in [0.717, 1.165) is 5.56 Å². The highest BCUT2D eigenvalue weighted by atomic mass is 32.1. The predicted molar refractivity (Wildman–Crippen MR) is 95.3 cm³/mol. The third-order valence-corrected chi connectivity index (χ3v) is 3.84. The van der Waals surface area contributed by atoms with E-state index in [1.54, 1.807) is 30.7 Å². The minimum Gasteiger partial charge on any atom is -0.493 e. The molecule has 0 fully saturated rings. The molecule has 132 valence electrons. The number of benzene rings is 1. The molecule has 0 radical (unpaired) electrons. The maximum atomic E-state index is 11.9. The predicted octanol–water partition coefficient (Wildman–Crippen LogP) is 2.83. The molecule has 2 N–H and O–H groups in total. The lowest BCUT2D eigenvalue weighted by atomic mass is 10.2. The molecule has 1 aromatic carbocycles. The minimum atomic E-state index is -0.965. The summed E-state index contributed by atoms with van der Waals surface area (Å²) in [6.45, 7) is 2.42. The van der Waals surface area contributed by atoms with Gasteiger partial charge in [0.1, 0.15) is 0 Å². The standard InChI is InChI=1S/C17H18N2O5S/c1-3-24-13-6-4-11(8-14(13)23-2)5-7-15(20)19-17-18-12(10-25-17)9-16(21)22/h4-8,10H,3,9H2,1-2H3,(H,21,22)(H,18,19,20)/b7-5+. The van der Waals surface area contributed by atoms with Crippen LogP contribution in [0.4, 0.5) is 5.13 Å². The Kier molecular flexibility index (Phi) is 6.53. The van der Waals surface area contributed by atoms with Crippen LogP contribution in [0.3, 0.4) is 0 Å². The lowest BCUT2D eigenvalue weighted by molar-refractivity contribution is -0.136. The minimum absolute atomic E-state index is 0.172. The highest BCUT2D eigenvalue weighted by Crippen LogP contribution is 2.28. The van der Waals surface area contributed by atoms with E-state index >= 15 is 0 Å². The summed E-state index contributed by atoms with van der Waals surface area (Å²) >= 11 is 1.18. The van der Waals surface area contributed by atoms with Crippen molar-refractivity contribution in [3.05, 3.63) is 40.9 Å². The number of amides is 1. The highest BCUT2D eigenvalue weighted by molar-refractivity contribution is 7.14. The third kappa shape index (κ3) is 5.61. The number of hydrogen-bond donors (Lipinski definition) is 2. The Labute approximate surface area is 148 Å². The molecule has 0 saturated carbocycles. The molecule has 2 aromatic rings. The lowest BCUT2D eigenvalue weighted by Gasteiger charge is -2.09. The molecule has 0 bridgehead atoms. The van der Waals surface area contributed by atoms with E-state index in [2.05, 4.69) is 10.3 Å². The van der Waals surface area contributed by atoms with Crippen LogP contribution in [0.25, 0.3) is 6.08 Å². The molecule has 0 saturated heterocycles. The molecule has 1 amide bonds. The number of nitrogens with one attached hydrogen (secondary N) is 1. The average molecular weight is 362 g/mol. The zero-order valence-corrected chi connectivity index (χ0v) is 14.6. The van der Waals surface area contributed by atoms with Crippen molar-refractivity contribution in [3.8, 4) is 11.5 Å². The van der Waals surface area contributed by atoms with Gasteiger partial charge in [0.05, 0.1) is 25.8 Å². The van der Waals surface area contributed by atoms with Crippen molar-refractivity contribution in [2.75, 3.05) is 19.0 Å². The summed E-state index contributed by atoms with van der Waals surface area (Å²) in [5, 5.41) is 13.3. The van der Waals surface area contributed by atoms with E-state index in [1.807, 2.05) is 13.0 Å². The maximum Gasteiger partial charge on any atom is 0.309 e. The average Bonchev–Trinajstić information content (AvgIpc) is 3.00. The van der Waals surface area contributed by atoms with E-state index in [-0.39, 0.29) is 12.3 Å². The van der Waals surface area contributed by atoms with Crippen LogP contribution in [-0.4, -0.2) is 35.7 Å². The Bertz CT molecular complexity index is 785. The topological polar surface area (TPSA) is 97.8 Å². The molecule has 0 spiro atoms. The number of nitrogens with zero attached hydrogens (tertiary/aromatic N) is 1. The van der Waals surface area contributed by atoms with Gasteiger partial charge in [-0.15, -0.1) is 11.3 Å². The Morgan fingerprint density at radius 2 is 2.16 bits per heavy atom. The van der Waals surface area contributed by atoms with E-state index in [0.29, 0.717) is 28.9 Å². The monoisotopic (exact) mass is 362 g/mol. The third-order valence-electron chi connectivity index (χ3n) is 3.03. The van der Waals surface area contributed by atoms with Crippen molar-refractivity contribution in [1.29, 1.82) is 0 Å². The van der Waals surface area contributed by atoms with Crippen molar-refractivity contribution in [1.82, 2.24) is 4.98 Å². The molecule has 0 aliphatic rings. The van der Waals surface area contributed by atoms with Gasteiger partial charge in [-0.05, 0) is 30.7 Å². The van der Waals surface area contributed by atoms with Crippen molar-refractivity contribution in [2.24, 2.45) is 0 Å². The van der Waals surface area contributed by atoms with Crippen LogP contribution in [0.2, 0.25) is 0 Å². The normalized spacial score (nSPS) is 10.6. The SMILES string of the molecule is CCOc1ccc(/C=C/C(=O)Nc2nc(CC(=O)O)cs2)cc1OC. The molecule has 7 nitrogen and oxygen atoms in total. The number of carbonyl (C=O) groups is 2. The van der Waals surface area contributed by atoms with E-state index < -0.39 is 5.97 Å². The van der Waals surface area contributed by atoms with Crippen LogP contribution >= 0.6 is 11.3 Å². The van der Waals surface area contributed by atoms with Gasteiger partial charge < -0.3 is 14.6 Å². The fraction of sp³-hybridized carbons (Fsp3) is 0.235. The first kappa shape index (κ1) is 18.5. The van der Waals surface area contributed by atoms with Crippen LogP contribution < -0.4 is 14.8 Å². The van der Waals surface area contributed by atoms with Crippen LogP contribution in [0.1, 0.15) is 18.2 Å². The summed E-state index contributed by atoms with van der Waals surface area (Å²) in [7, 11) is 1.55. The largest absolute Gasteiger partial charge is 0.493 e. The van der Waals surface area contributed by atoms with Crippen LogP contribution in [0, 0.1) is 0 Å². The number of hydrogen-bond acceptors (Lipinski definition) is 6. The Morgan fingerprint density at radius 3 is 2.84 bits per heavy atom. The smallest absolute Gasteiger partial charge is 0.309 e. The quantitative estimate of drug-likeness (QED) is 0.701. The van der Waals surface area contributed by atoms with Gasteiger partial charge in [-0.1, -0.05) is 6.07 Å². The molecule has 8 heteroatoms. The highest BCUT2D eigenvalue weighted by Gasteiger charge is 2.08. The molecular formula is C17H18N2O5S. The number of carboxylic acids is 1. The van der Waals surface area contributed by atoms with Gasteiger partial charge >= 0.3 is 5.97 Å². The number of carbonyl (C=O) groups excluding carboxylic acids is 1. The number of aromatic nitrogens is 1. The lowest BCUT2D eigenvalue weighted by Crippen LogP contribution is -2.08. The van der Waals surface area contributed by atoms with Gasteiger partial charge in [0.2, 0.25) is 5.91 Å². The Hall–Kier alpha value is -2.87. The molecule has 2 rings (SSSR count). The van der Waals surface area contributed by atoms with Gasteiger partial charge in [-0.3, -0.25) is 14.9 Å². The van der Waals surface area contributed by atoms with Crippen LogP contribution in [0.5, 0.6) is 11.5 Å². The van der Waals surface area contributed by atoms with Gasteiger partial charge in [-0.25, -0.2) is 4.98 Å². The second-order valence-corrected chi connectivity index (χ2v) is 5.74. The zero-order chi connectivity index (χ0) is 18.2. The number of anilines is 1. The van der Waals surface area contributed by atoms with Gasteiger partial charge in [0.15, 0.2) is 16.6 Å². The van der Waals surface area contributed by atoms with Crippen molar-refractivity contribution in [3.63, 3.8) is 0 Å². The summed E-state index contributed by atoms with van der Waals surface area (Å²) < 4.78 is 10.7. The second kappa shape index (κ2) is 8.84. The number of aliphatic carboxylic acids is 1.